The Balaban J connectivity index is 1.63. The van der Waals surface area contributed by atoms with Crippen molar-refractivity contribution in [2.24, 2.45) is 0 Å². The second-order valence-corrected chi connectivity index (χ2v) is 10.1. The number of allylic oxidation sites excluding steroid dienone is 1. The third-order valence-corrected chi connectivity index (χ3v) is 8.14. The normalized spacial score (nSPS) is 16.2. The molecule has 3 aromatic rings. The minimum atomic E-state index is -0.0923. The van der Waals surface area contributed by atoms with Crippen molar-refractivity contribution < 1.29 is 4.74 Å². The Morgan fingerprint density at radius 3 is 2.76 bits per heavy atom. The van der Waals surface area contributed by atoms with Crippen LogP contribution in [0.3, 0.4) is 0 Å². The minimum Gasteiger partial charge on any atom is -0.497 e. The number of benzene rings is 2. The molecule has 5 heteroatoms. The Kier molecular flexibility index (Phi) is 6.15. The van der Waals surface area contributed by atoms with Crippen LogP contribution in [0.2, 0.25) is 0 Å². The molecule has 33 heavy (non-hydrogen) atoms. The van der Waals surface area contributed by atoms with Crippen molar-refractivity contribution in [2.75, 3.05) is 7.11 Å². The molecule has 0 atom stereocenters. The molecular formula is C28H30N2O2S. The number of thioether (sulfide) groups is 1. The SMILES string of the molecule is C=CCn1c(SCc2cccc(OC)c2)nc2c(c1=O)C1(CCCCC1)Cc1ccccc1-2. The predicted octanol–water partition coefficient (Wildman–Crippen LogP) is 6.16. The van der Waals surface area contributed by atoms with Crippen LogP contribution in [0.15, 0.2) is 71.1 Å². The van der Waals surface area contributed by atoms with E-state index < -0.39 is 0 Å². The molecule has 0 radical (unpaired) electrons. The van der Waals surface area contributed by atoms with Gasteiger partial charge in [-0.05, 0) is 42.5 Å². The molecule has 1 saturated carbocycles. The molecule has 0 aliphatic heterocycles. The van der Waals surface area contributed by atoms with E-state index in [2.05, 4.69) is 36.9 Å². The molecule has 0 N–H and O–H groups in total. The van der Waals surface area contributed by atoms with Gasteiger partial charge in [0, 0.05) is 23.3 Å². The summed E-state index contributed by atoms with van der Waals surface area (Å²) in [5, 5.41) is 0.754. The highest BCUT2D eigenvalue weighted by Gasteiger charge is 2.43. The Labute approximate surface area is 199 Å². The molecular weight excluding hydrogens is 428 g/mol. The molecule has 2 aliphatic carbocycles. The quantitative estimate of drug-likeness (QED) is 0.252. The molecule has 0 saturated heterocycles. The molecule has 4 nitrogen and oxygen atoms in total. The van der Waals surface area contributed by atoms with Gasteiger partial charge in [-0.2, -0.15) is 0 Å². The largest absolute Gasteiger partial charge is 0.497 e. The van der Waals surface area contributed by atoms with Crippen molar-refractivity contribution in [3.8, 4) is 17.0 Å². The Bertz CT molecular complexity index is 1240. The molecule has 1 fully saturated rings. The van der Waals surface area contributed by atoms with Crippen molar-refractivity contribution in [1.29, 1.82) is 0 Å². The van der Waals surface area contributed by atoms with Gasteiger partial charge in [0.2, 0.25) is 0 Å². The third kappa shape index (κ3) is 4.04. The summed E-state index contributed by atoms with van der Waals surface area (Å²) in [5.74, 6) is 1.55. The maximum Gasteiger partial charge on any atom is 0.258 e. The maximum absolute atomic E-state index is 14.1. The fraction of sp³-hybridized carbons (Fsp3) is 0.357. The summed E-state index contributed by atoms with van der Waals surface area (Å²) in [6.45, 7) is 4.39. The lowest BCUT2D eigenvalue weighted by molar-refractivity contribution is 0.282. The number of rotatable bonds is 6. The highest BCUT2D eigenvalue weighted by molar-refractivity contribution is 7.98. The van der Waals surface area contributed by atoms with E-state index in [0.29, 0.717) is 12.3 Å². The van der Waals surface area contributed by atoms with Crippen molar-refractivity contribution >= 4 is 11.8 Å². The molecule has 0 amide bonds. The summed E-state index contributed by atoms with van der Waals surface area (Å²) in [6.07, 6.45) is 8.48. The second-order valence-electron chi connectivity index (χ2n) is 9.14. The average molecular weight is 459 g/mol. The van der Waals surface area contributed by atoms with Gasteiger partial charge in [0.15, 0.2) is 5.16 Å². The number of ether oxygens (including phenoxy) is 1. The molecule has 5 rings (SSSR count). The summed E-state index contributed by atoms with van der Waals surface area (Å²) in [7, 11) is 1.68. The van der Waals surface area contributed by atoms with Crippen LogP contribution in [0.25, 0.3) is 11.3 Å². The van der Waals surface area contributed by atoms with Gasteiger partial charge in [0.25, 0.3) is 5.56 Å². The van der Waals surface area contributed by atoms with Crippen LogP contribution in [0.1, 0.15) is 48.8 Å². The first kappa shape index (κ1) is 22.0. The molecule has 0 unspecified atom stereocenters. The average Bonchev–Trinajstić information content (AvgIpc) is 2.85. The van der Waals surface area contributed by atoms with Gasteiger partial charge in [-0.25, -0.2) is 4.98 Å². The first-order chi connectivity index (χ1) is 16.1. The number of aromatic nitrogens is 2. The Hall–Kier alpha value is -2.79. The highest BCUT2D eigenvalue weighted by atomic mass is 32.2. The van der Waals surface area contributed by atoms with Gasteiger partial charge in [0.05, 0.1) is 18.4 Å². The summed E-state index contributed by atoms with van der Waals surface area (Å²) in [5.41, 5.74) is 5.44. The van der Waals surface area contributed by atoms with Crippen LogP contribution in [-0.4, -0.2) is 16.7 Å². The van der Waals surface area contributed by atoms with E-state index in [-0.39, 0.29) is 11.0 Å². The summed E-state index contributed by atoms with van der Waals surface area (Å²) >= 11 is 1.60. The molecule has 2 aliphatic rings. The maximum atomic E-state index is 14.1. The van der Waals surface area contributed by atoms with E-state index in [1.54, 1.807) is 24.9 Å². The fourth-order valence-electron chi connectivity index (χ4n) is 5.53. The van der Waals surface area contributed by atoms with Crippen LogP contribution in [0.5, 0.6) is 5.75 Å². The van der Waals surface area contributed by atoms with Crippen molar-refractivity contribution in [3.63, 3.8) is 0 Å². The zero-order valence-electron chi connectivity index (χ0n) is 19.2. The first-order valence-corrected chi connectivity index (χ1v) is 12.7. The van der Waals surface area contributed by atoms with E-state index in [1.807, 2.05) is 22.8 Å². The summed E-state index contributed by atoms with van der Waals surface area (Å²) in [6, 6.07) is 16.6. The topological polar surface area (TPSA) is 44.1 Å². The number of hydrogen-bond acceptors (Lipinski definition) is 4. The predicted molar refractivity (Wildman–Crippen MR) is 135 cm³/mol. The van der Waals surface area contributed by atoms with E-state index >= 15 is 0 Å². The van der Waals surface area contributed by atoms with Gasteiger partial charge in [-0.1, -0.05) is 73.5 Å². The Morgan fingerprint density at radius 2 is 1.97 bits per heavy atom. The van der Waals surface area contributed by atoms with Crippen molar-refractivity contribution in [3.05, 3.63) is 88.2 Å². The van der Waals surface area contributed by atoms with E-state index in [0.717, 1.165) is 52.6 Å². The van der Waals surface area contributed by atoms with Crippen LogP contribution in [-0.2, 0) is 24.1 Å². The fourth-order valence-corrected chi connectivity index (χ4v) is 6.48. The van der Waals surface area contributed by atoms with Crippen molar-refractivity contribution in [2.45, 2.75) is 61.4 Å². The van der Waals surface area contributed by atoms with Gasteiger partial charge < -0.3 is 4.74 Å². The van der Waals surface area contributed by atoms with E-state index in [9.17, 15) is 4.79 Å². The van der Waals surface area contributed by atoms with E-state index in [1.165, 1.54) is 24.8 Å². The van der Waals surface area contributed by atoms with Gasteiger partial charge in [-0.3, -0.25) is 9.36 Å². The van der Waals surface area contributed by atoms with Crippen LogP contribution in [0, 0.1) is 0 Å². The molecule has 0 bridgehead atoms. The molecule has 1 aromatic heterocycles. The minimum absolute atomic E-state index is 0.0923. The van der Waals surface area contributed by atoms with E-state index in [4.69, 9.17) is 9.72 Å². The van der Waals surface area contributed by atoms with Crippen molar-refractivity contribution in [1.82, 2.24) is 9.55 Å². The monoisotopic (exact) mass is 458 g/mol. The zero-order valence-corrected chi connectivity index (χ0v) is 20.0. The number of hydrogen-bond donors (Lipinski definition) is 0. The summed E-state index contributed by atoms with van der Waals surface area (Å²) < 4.78 is 7.21. The molecule has 1 spiro atoms. The van der Waals surface area contributed by atoms with Gasteiger partial charge in [0.1, 0.15) is 5.75 Å². The first-order valence-electron chi connectivity index (χ1n) is 11.8. The summed E-state index contributed by atoms with van der Waals surface area (Å²) in [4.78, 5) is 19.2. The molecule has 1 heterocycles. The number of nitrogens with zero attached hydrogens (tertiary/aromatic N) is 2. The zero-order chi connectivity index (χ0) is 22.8. The standard InChI is InChI=1S/C28H30N2O2S/c1-3-16-30-26(31)24-25(29-27(30)33-19-20-10-9-12-22(17-20)32-2)23-13-6-5-11-21(23)18-28(24)14-7-4-8-15-28/h3,5-6,9-13,17H,1,4,7-8,14-16,18-19H2,2H3. The van der Waals surface area contributed by atoms with Crippen LogP contribution in [0.4, 0.5) is 0 Å². The lowest BCUT2D eigenvalue weighted by Gasteiger charge is -2.42. The number of methoxy groups -OCH3 is 1. The molecule has 2 aromatic carbocycles. The van der Waals surface area contributed by atoms with Crippen LogP contribution >= 0.6 is 11.8 Å². The lowest BCUT2D eigenvalue weighted by atomic mass is 9.62. The van der Waals surface area contributed by atoms with Gasteiger partial charge in [-0.15, -0.1) is 6.58 Å². The number of fused-ring (bicyclic) bond motifs is 4. The Morgan fingerprint density at radius 1 is 1.15 bits per heavy atom. The third-order valence-electron chi connectivity index (χ3n) is 7.09. The lowest BCUT2D eigenvalue weighted by Crippen LogP contribution is -2.43. The molecule has 170 valence electrons. The highest BCUT2D eigenvalue weighted by Crippen LogP contribution is 2.48. The second kappa shape index (κ2) is 9.22. The smallest absolute Gasteiger partial charge is 0.258 e. The van der Waals surface area contributed by atoms with Crippen LogP contribution < -0.4 is 10.3 Å². The van der Waals surface area contributed by atoms with Gasteiger partial charge >= 0.3 is 0 Å².